The Bertz CT molecular complexity index is 197. The van der Waals surface area contributed by atoms with Gasteiger partial charge >= 0.3 is 0 Å². The minimum Gasteiger partial charge on any atom is -0.311 e. The normalized spacial score (nSPS) is 34.9. The number of nitrogens with zero attached hydrogens (tertiary/aromatic N) is 1. The van der Waals surface area contributed by atoms with E-state index in [-0.39, 0.29) is 0 Å². The molecule has 1 heterocycles. The topological polar surface area (TPSA) is 15.3 Å². The molecule has 1 aliphatic carbocycles. The van der Waals surface area contributed by atoms with Gasteiger partial charge in [-0.05, 0) is 51.7 Å². The summed E-state index contributed by atoms with van der Waals surface area (Å²) in [5, 5.41) is 3.94. The third-order valence-electron chi connectivity index (χ3n) is 4.53. The molecule has 1 aliphatic heterocycles. The summed E-state index contributed by atoms with van der Waals surface area (Å²) in [6.07, 6.45) is 9.88. The van der Waals surface area contributed by atoms with Gasteiger partial charge in [-0.15, -0.1) is 0 Å². The van der Waals surface area contributed by atoms with Gasteiger partial charge in [0.15, 0.2) is 0 Å². The lowest BCUT2D eigenvalue weighted by molar-refractivity contribution is 0.208. The quantitative estimate of drug-likeness (QED) is 0.725. The van der Waals surface area contributed by atoms with Crippen molar-refractivity contribution < 1.29 is 0 Å². The highest BCUT2D eigenvalue weighted by molar-refractivity contribution is 4.83. The van der Waals surface area contributed by atoms with Crippen molar-refractivity contribution in [3.8, 4) is 0 Å². The third-order valence-corrected chi connectivity index (χ3v) is 4.53. The van der Waals surface area contributed by atoms with Crippen LogP contribution in [-0.2, 0) is 0 Å². The van der Waals surface area contributed by atoms with Gasteiger partial charge in [0.2, 0.25) is 0 Å². The first-order valence-corrected chi connectivity index (χ1v) is 7.20. The summed E-state index contributed by atoms with van der Waals surface area (Å²) in [5.41, 5.74) is 0. The van der Waals surface area contributed by atoms with Crippen molar-refractivity contribution in [2.24, 2.45) is 5.92 Å². The lowest BCUT2D eigenvalue weighted by atomic mass is 9.94. The molecule has 16 heavy (non-hydrogen) atoms. The summed E-state index contributed by atoms with van der Waals surface area (Å²) in [6, 6.07) is 1.60. The van der Waals surface area contributed by atoms with Gasteiger partial charge in [-0.25, -0.2) is 0 Å². The average molecular weight is 224 g/mol. The third kappa shape index (κ3) is 3.46. The van der Waals surface area contributed by atoms with Crippen molar-refractivity contribution >= 4 is 0 Å². The van der Waals surface area contributed by atoms with Crippen LogP contribution in [0.25, 0.3) is 0 Å². The summed E-state index contributed by atoms with van der Waals surface area (Å²) in [6.45, 7) is 5.00. The Morgan fingerprint density at radius 3 is 2.38 bits per heavy atom. The molecule has 2 unspecified atom stereocenters. The molecule has 94 valence electrons. The summed E-state index contributed by atoms with van der Waals surface area (Å²) < 4.78 is 0. The Balaban J connectivity index is 1.78. The van der Waals surface area contributed by atoms with E-state index in [9.17, 15) is 0 Å². The SMILES string of the molecule is CC1CCCCCC1NC1CCN(C)CC1. The molecule has 0 amide bonds. The van der Waals surface area contributed by atoms with Crippen LogP contribution >= 0.6 is 0 Å². The van der Waals surface area contributed by atoms with Gasteiger partial charge in [0.1, 0.15) is 0 Å². The smallest absolute Gasteiger partial charge is 0.00953 e. The van der Waals surface area contributed by atoms with E-state index in [0.717, 1.165) is 18.0 Å². The number of piperidine rings is 1. The maximum absolute atomic E-state index is 3.94. The van der Waals surface area contributed by atoms with Gasteiger partial charge in [-0.1, -0.05) is 26.2 Å². The van der Waals surface area contributed by atoms with Gasteiger partial charge in [-0.2, -0.15) is 0 Å². The number of nitrogens with one attached hydrogen (secondary N) is 1. The Morgan fingerprint density at radius 2 is 1.62 bits per heavy atom. The Hall–Kier alpha value is -0.0800. The molecule has 0 bridgehead atoms. The zero-order valence-electron chi connectivity index (χ0n) is 11.0. The summed E-state index contributed by atoms with van der Waals surface area (Å²) in [7, 11) is 2.24. The van der Waals surface area contributed by atoms with E-state index in [1.807, 2.05) is 0 Å². The second kappa shape index (κ2) is 6.02. The standard InChI is InChI=1S/C14H28N2/c1-12-6-4-3-5-7-14(12)15-13-8-10-16(2)11-9-13/h12-15H,3-11H2,1-2H3. The van der Waals surface area contributed by atoms with Crippen molar-refractivity contribution in [1.29, 1.82) is 0 Å². The fourth-order valence-electron chi connectivity index (χ4n) is 3.22. The van der Waals surface area contributed by atoms with Crippen molar-refractivity contribution in [3.63, 3.8) is 0 Å². The molecule has 0 aromatic rings. The zero-order valence-corrected chi connectivity index (χ0v) is 11.0. The molecular formula is C14H28N2. The Morgan fingerprint density at radius 1 is 0.938 bits per heavy atom. The van der Waals surface area contributed by atoms with Crippen LogP contribution in [0.15, 0.2) is 0 Å². The van der Waals surface area contributed by atoms with E-state index in [1.165, 1.54) is 58.0 Å². The van der Waals surface area contributed by atoms with Crippen LogP contribution in [0.3, 0.4) is 0 Å². The molecule has 1 saturated carbocycles. The Labute approximate surface area is 101 Å². The maximum atomic E-state index is 3.94. The summed E-state index contributed by atoms with van der Waals surface area (Å²) >= 11 is 0. The number of rotatable bonds is 2. The van der Waals surface area contributed by atoms with Gasteiger partial charge in [0, 0.05) is 12.1 Å². The minimum absolute atomic E-state index is 0.793. The fraction of sp³-hybridized carbons (Fsp3) is 1.00. The van der Waals surface area contributed by atoms with E-state index < -0.39 is 0 Å². The van der Waals surface area contributed by atoms with Gasteiger partial charge in [-0.3, -0.25) is 0 Å². The number of hydrogen-bond donors (Lipinski definition) is 1. The second-order valence-electron chi connectivity index (χ2n) is 5.97. The molecule has 2 heteroatoms. The molecule has 1 N–H and O–H groups in total. The number of likely N-dealkylation sites (tertiary alicyclic amines) is 1. The van der Waals surface area contributed by atoms with Crippen LogP contribution in [-0.4, -0.2) is 37.1 Å². The van der Waals surface area contributed by atoms with Crippen LogP contribution in [0.4, 0.5) is 0 Å². The van der Waals surface area contributed by atoms with E-state index in [2.05, 4.69) is 24.2 Å². The fourth-order valence-corrected chi connectivity index (χ4v) is 3.22. The molecule has 0 spiro atoms. The molecule has 0 aromatic carbocycles. The molecule has 1 saturated heterocycles. The highest BCUT2D eigenvalue weighted by atomic mass is 15.1. The zero-order chi connectivity index (χ0) is 11.4. The van der Waals surface area contributed by atoms with Gasteiger partial charge < -0.3 is 10.2 Å². The second-order valence-corrected chi connectivity index (χ2v) is 5.97. The largest absolute Gasteiger partial charge is 0.311 e. The molecule has 0 radical (unpaired) electrons. The average Bonchev–Trinajstić information content (AvgIpc) is 2.48. The minimum atomic E-state index is 0.793. The van der Waals surface area contributed by atoms with Crippen molar-refractivity contribution in [3.05, 3.63) is 0 Å². The van der Waals surface area contributed by atoms with Crippen LogP contribution in [0, 0.1) is 5.92 Å². The first kappa shape index (κ1) is 12.4. The highest BCUT2D eigenvalue weighted by Crippen LogP contribution is 2.24. The van der Waals surface area contributed by atoms with Crippen molar-refractivity contribution in [2.45, 2.75) is 64.0 Å². The van der Waals surface area contributed by atoms with Crippen LogP contribution in [0.1, 0.15) is 51.9 Å². The van der Waals surface area contributed by atoms with E-state index in [1.54, 1.807) is 0 Å². The molecule has 2 atom stereocenters. The lowest BCUT2D eigenvalue weighted by Gasteiger charge is -2.34. The van der Waals surface area contributed by atoms with Crippen LogP contribution in [0.5, 0.6) is 0 Å². The molecule has 2 fully saturated rings. The van der Waals surface area contributed by atoms with E-state index in [0.29, 0.717) is 0 Å². The van der Waals surface area contributed by atoms with Gasteiger partial charge in [0.05, 0.1) is 0 Å². The maximum Gasteiger partial charge on any atom is 0.00953 e. The molecule has 2 nitrogen and oxygen atoms in total. The summed E-state index contributed by atoms with van der Waals surface area (Å²) in [5.74, 6) is 0.891. The van der Waals surface area contributed by atoms with Crippen molar-refractivity contribution in [2.75, 3.05) is 20.1 Å². The van der Waals surface area contributed by atoms with Gasteiger partial charge in [0.25, 0.3) is 0 Å². The molecular weight excluding hydrogens is 196 g/mol. The molecule has 0 aromatic heterocycles. The number of hydrogen-bond acceptors (Lipinski definition) is 2. The first-order chi connectivity index (χ1) is 7.75. The highest BCUT2D eigenvalue weighted by Gasteiger charge is 2.24. The monoisotopic (exact) mass is 224 g/mol. The molecule has 2 rings (SSSR count). The van der Waals surface area contributed by atoms with Crippen LogP contribution in [0.2, 0.25) is 0 Å². The first-order valence-electron chi connectivity index (χ1n) is 7.20. The summed E-state index contributed by atoms with van der Waals surface area (Å²) in [4.78, 5) is 2.45. The molecule has 2 aliphatic rings. The predicted octanol–water partition coefficient (Wildman–Crippen LogP) is 2.64. The Kier molecular flexibility index (Phi) is 4.66. The van der Waals surface area contributed by atoms with Crippen molar-refractivity contribution in [1.82, 2.24) is 10.2 Å². The van der Waals surface area contributed by atoms with Crippen LogP contribution < -0.4 is 5.32 Å². The predicted molar refractivity (Wildman–Crippen MR) is 69.7 cm³/mol. The lowest BCUT2D eigenvalue weighted by Crippen LogP contribution is -2.47. The van der Waals surface area contributed by atoms with E-state index in [4.69, 9.17) is 0 Å². The van der Waals surface area contributed by atoms with E-state index >= 15 is 0 Å².